The summed E-state index contributed by atoms with van der Waals surface area (Å²) in [5, 5.41) is -2.76. The zero-order chi connectivity index (χ0) is 13.7. The lowest BCUT2D eigenvalue weighted by Gasteiger charge is -2.32. The van der Waals surface area contributed by atoms with Crippen LogP contribution < -0.4 is 0 Å². The lowest BCUT2D eigenvalue weighted by atomic mass is 10.2. The Kier molecular flexibility index (Phi) is 7.11. The van der Waals surface area contributed by atoms with Crippen LogP contribution in [-0.2, 0) is 4.74 Å². The van der Waals surface area contributed by atoms with Crippen LogP contribution in [0.25, 0.3) is 0 Å². The summed E-state index contributed by atoms with van der Waals surface area (Å²) in [6.07, 6.45) is -6.05. The first-order valence-electron chi connectivity index (χ1n) is 5.18. The van der Waals surface area contributed by atoms with E-state index in [-0.39, 0.29) is 12.8 Å². The molecule has 0 spiro atoms. The smallest absolute Gasteiger partial charge is 0.238 e. The Morgan fingerprint density at radius 3 is 1.41 bits per heavy atom. The molecule has 1 nitrogen and oxygen atoms in total. The summed E-state index contributed by atoms with van der Waals surface area (Å²) in [7, 11) is 0. The van der Waals surface area contributed by atoms with Crippen LogP contribution in [0.2, 0.25) is 0 Å². The van der Waals surface area contributed by atoms with Gasteiger partial charge in [-0.25, -0.2) is 17.6 Å². The van der Waals surface area contributed by atoms with E-state index >= 15 is 0 Å². The highest BCUT2D eigenvalue weighted by Gasteiger charge is 2.34. The van der Waals surface area contributed by atoms with Crippen LogP contribution in [0.3, 0.4) is 0 Å². The van der Waals surface area contributed by atoms with Gasteiger partial charge in [0, 0.05) is 12.8 Å². The maximum absolute atomic E-state index is 12.0. The highest BCUT2D eigenvalue weighted by Crippen LogP contribution is 2.35. The summed E-state index contributed by atoms with van der Waals surface area (Å²) in [6.45, 7) is 2.78. The molecule has 0 aliphatic carbocycles. The van der Waals surface area contributed by atoms with Crippen molar-refractivity contribution < 1.29 is 22.3 Å². The van der Waals surface area contributed by atoms with Gasteiger partial charge < -0.3 is 4.74 Å². The number of halogens is 6. The third-order valence-electron chi connectivity index (χ3n) is 2.04. The first-order valence-corrected chi connectivity index (χ1v) is 5.94. The van der Waals surface area contributed by atoms with E-state index in [1.165, 1.54) is 13.8 Å². The summed E-state index contributed by atoms with van der Waals surface area (Å²) >= 11 is 11.7. The molecular formula is C10H16Cl2F4O. The van der Waals surface area contributed by atoms with Gasteiger partial charge in [-0.05, 0) is 26.7 Å². The molecule has 17 heavy (non-hydrogen) atoms. The highest BCUT2D eigenvalue weighted by atomic mass is 35.5. The second-order valence-electron chi connectivity index (χ2n) is 4.17. The van der Waals surface area contributed by atoms with Crippen LogP contribution in [0.15, 0.2) is 0 Å². The molecule has 0 rings (SSSR count). The number of hydrogen-bond acceptors (Lipinski definition) is 1. The first kappa shape index (κ1) is 17.3. The molecule has 2 atom stereocenters. The predicted octanol–water partition coefficient (Wildman–Crippen LogP) is 5.00. The summed E-state index contributed by atoms with van der Waals surface area (Å²) in [4.78, 5) is 0. The number of ether oxygens (including phenoxy) is 1. The predicted molar refractivity (Wildman–Crippen MR) is 60.1 cm³/mol. The first-order chi connectivity index (χ1) is 7.54. The van der Waals surface area contributed by atoms with Crippen LogP contribution in [0.5, 0.6) is 0 Å². The molecule has 7 heteroatoms. The summed E-state index contributed by atoms with van der Waals surface area (Å²) in [5.74, 6) is 0. The van der Waals surface area contributed by atoms with Gasteiger partial charge in [-0.2, -0.15) is 0 Å². The second kappa shape index (κ2) is 7.00. The second-order valence-corrected chi connectivity index (χ2v) is 5.76. The Bertz CT molecular complexity index is 200. The van der Waals surface area contributed by atoms with E-state index < -0.39 is 35.8 Å². The van der Waals surface area contributed by atoms with Crippen molar-refractivity contribution >= 4 is 23.2 Å². The van der Waals surface area contributed by atoms with Crippen molar-refractivity contribution in [1.82, 2.24) is 0 Å². The monoisotopic (exact) mass is 298 g/mol. The van der Waals surface area contributed by atoms with Crippen molar-refractivity contribution in [3.63, 3.8) is 0 Å². The number of alkyl halides is 6. The van der Waals surface area contributed by atoms with Crippen LogP contribution in [0, 0.1) is 0 Å². The van der Waals surface area contributed by atoms with Crippen molar-refractivity contribution in [2.45, 2.75) is 62.5 Å². The van der Waals surface area contributed by atoms with E-state index in [1.807, 2.05) is 0 Å². The fourth-order valence-corrected chi connectivity index (χ4v) is 1.88. The fraction of sp³-hybridized carbons (Fsp3) is 1.00. The molecule has 0 N–H and O–H groups in total. The van der Waals surface area contributed by atoms with Gasteiger partial charge in [0.05, 0.1) is 0 Å². The van der Waals surface area contributed by atoms with E-state index in [4.69, 9.17) is 27.9 Å². The number of hydrogen-bond donors (Lipinski definition) is 0. The quantitative estimate of drug-likeness (QED) is 0.452. The Labute approximate surface area is 108 Å². The van der Waals surface area contributed by atoms with Gasteiger partial charge >= 0.3 is 0 Å². The molecular weight excluding hydrogens is 283 g/mol. The topological polar surface area (TPSA) is 9.23 Å². The molecule has 0 aromatic heterocycles. The SMILES string of the molecule is CC(Cl)(CCC(F)F)OC(C)(Cl)CCC(F)F. The van der Waals surface area contributed by atoms with Gasteiger partial charge in [-0.3, -0.25) is 0 Å². The molecule has 0 saturated heterocycles. The lowest BCUT2D eigenvalue weighted by Crippen LogP contribution is -2.34. The molecule has 104 valence electrons. The van der Waals surface area contributed by atoms with Crippen LogP contribution in [0.4, 0.5) is 17.6 Å². The highest BCUT2D eigenvalue weighted by molar-refractivity contribution is 6.25. The molecule has 0 aromatic carbocycles. The molecule has 2 unspecified atom stereocenters. The normalized spacial score (nSPS) is 19.4. The summed E-state index contributed by atoms with van der Waals surface area (Å²) < 4.78 is 53.2. The summed E-state index contributed by atoms with van der Waals surface area (Å²) in [5.41, 5.74) is 0. The Morgan fingerprint density at radius 1 is 0.882 bits per heavy atom. The maximum atomic E-state index is 12.0. The van der Waals surface area contributed by atoms with Crippen LogP contribution in [-0.4, -0.2) is 23.0 Å². The fourth-order valence-electron chi connectivity index (χ4n) is 1.28. The molecule has 0 radical (unpaired) electrons. The van der Waals surface area contributed by atoms with Crippen molar-refractivity contribution in [3.05, 3.63) is 0 Å². The average molecular weight is 299 g/mol. The van der Waals surface area contributed by atoms with Crippen molar-refractivity contribution in [2.24, 2.45) is 0 Å². The van der Waals surface area contributed by atoms with Crippen LogP contribution >= 0.6 is 23.2 Å². The van der Waals surface area contributed by atoms with Gasteiger partial charge in [0.2, 0.25) is 12.9 Å². The number of rotatable bonds is 8. The van der Waals surface area contributed by atoms with Gasteiger partial charge in [-0.1, -0.05) is 23.2 Å². The minimum Gasteiger partial charge on any atom is -0.339 e. The van der Waals surface area contributed by atoms with Gasteiger partial charge in [0.1, 0.15) is 10.1 Å². The minimum atomic E-state index is -2.49. The average Bonchev–Trinajstić information content (AvgIpc) is 2.10. The van der Waals surface area contributed by atoms with Gasteiger partial charge in [-0.15, -0.1) is 0 Å². The molecule has 0 aliphatic heterocycles. The Balaban J connectivity index is 4.17. The third-order valence-corrected chi connectivity index (χ3v) is 2.58. The van der Waals surface area contributed by atoms with Crippen molar-refractivity contribution in [2.75, 3.05) is 0 Å². The standard InChI is InChI=1S/C10H16Cl2F4O/c1-9(11,5-3-7(13)14)17-10(2,12)6-4-8(15)16/h7-8H,3-6H2,1-2H3. The van der Waals surface area contributed by atoms with E-state index in [2.05, 4.69) is 0 Å². The molecule has 0 bridgehead atoms. The van der Waals surface area contributed by atoms with Gasteiger partial charge in [0.15, 0.2) is 0 Å². The molecule has 0 saturated carbocycles. The van der Waals surface area contributed by atoms with Crippen molar-refractivity contribution in [3.8, 4) is 0 Å². The molecule has 0 amide bonds. The van der Waals surface area contributed by atoms with Gasteiger partial charge in [0.25, 0.3) is 0 Å². The lowest BCUT2D eigenvalue weighted by molar-refractivity contribution is -0.0673. The molecule has 0 fully saturated rings. The van der Waals surface area contributed by atoms with Crippen LogP contribution in [0.1, 0.15) is 39.5 Å². The molecule has 0 aromatic rings. The van der Waals surface area contributed by atoms with E-state index in [1.54, 1.807) is 0 Å². The van der Waals surface area contributed by atoms with E-state index in [0.29, 0.717) is 0 Å². The molecule has 0 aliphatic rings. The zero-order valence-electron chi connectivity index (χ0n) is 9.66. The van der Waals surface area contributed by atoms with Crippen molar-refractivity contribution in [1.29, 1.82) is 0 Å². The maximum Gasteiger partial charge on any atom is 0.238 e. The third kappa shape index (κ3) is 9.92. The Hall–Kier alpha value is 0.260. The van der Waals surface area contributed by atoms with E-state index in [9.17, 15) is 17.6 Å². The Morgan fingerprint density at radius 2 is 1.18 bits per heavy atom. The van der Waals surface area contributed by atoms with E-state index in [0.717, 1.165) is 0 Å². The minimum absolute atomic E-state index is 0.108. The zero-order valence-corrected chi connectivity index (χ0v) is 11.2. The molecule has 0 heterocycles. The summed E-state index contributed by atoms with van der Waals surface area (Å²) in [6, 6.07) is 0. The largest absolute Gasteiger partial charge is 0.339 e.